The van der Waals surface area contributed by atoms with Crippen LogP contribution in [0.2, 0.25) is 0 Å². The molecule has 17 heteroatoms. The summed E-state index contributed by atoms with van der Waals surface area (Å²) >= 11 is 0. The summed E-state index contributed by atoms with van der Waals surface area (Å²) in [4.78, 5) is 15.9. The van der Waals surface area contributed by atoms with Crippen molar-refractivity contribution in [1.82, 2.24) is 10.2 Å². The Morgan fingerprint density at radius 1 is 0.882 bits per heavy atom. The van der Waals surface area contributed by atoms with Crippen molar-refractivity contribution in [3.05, 3.63) is 58.8 Å². The largest absolute Gasteiger partial charge is 0.573 e. The molecule has 0 saturated carbocycles. The highest BCUT2D eigenvalue weighted by Crippen LogP contribution is 2.44. The summed E-state index contributed by atoms with van der Waals surface area (Å²) in [5, 5.41) is 1.90. The molecule has 1 fully saturated rings. The number of methoxy groups -OCH3 is 5. The van der Waals surface area contributed by atoms with Crippen LogP contribution in [0, 0.1) is 0 Å². The van der Waals surface area contributed by atoms with E-state index in [-0.39, 0.29) is 57.7 Å². The lowest BCUT2D eigenvalue weighted by molar-refractivity contribution is -0.274. The molecule has 1 aliphatic rings. The van der Waals surface area contributed by atoms with E-state index in [1.807, 2.05) is 6.92 Å². The summed E-state index contributed by atoms with van der Waals surface area (Å²) in [5.74, 6) is 0.687. The number of piperazine rings is 1. The van der Waals surface area contributed by atoms with Gasteiger partial charge in [-0.3, -0.25) is 15.0 Å². The molecule has 1 aliphatic heterocycles. The second-order valence-electron chi connectivity index (χ2n) is 11.2. The van der Waals surface area contributed by atoms with Gasteiger partial charge < -0.3 is 37.6 Å². The highest BCUT2D eigenvalue weighted by Gasteiger charge is 2.36. The zero-order valence-corrected chi connectivity index (χ0v) is 29.4. The van der Waals surface area contributed by atoms with Gasteiger partial charge in [0.05, 0.1) is 40.4 Å². The van der Waals surface area contributed by atoms with Gasteiger partial charge in [0.1, 0.15) is 33.6 Å². The molecule has 3 aromatic carbocycles. The molecular weight excluding hydrogens is 701 g/mol. The molecule has 1 aromatic heterocycles. The summed E-state index contributed by atoms with van der Waals surface area (Å²) in [6, 6.07) is 10.2. The standard InChI is InChI=1S/C34H37F3N2O11S/c1-7-28(39-13-12-38-27(18-39)51(41,42)22-10-8-20(9-11-22)50-34(35,36)37)49-33-30(40)29-23(44-3)16-21(43-2)17-24(29)48-31(33)19-14-25(45-4)32(47-6)26(15-19)46-5/h8-11,14-17,27-28,38H,7,12-13,18H2,1-6H3. The second-order valence-corrected chi connectivity index (χ2v) is 13.3. The van der Waals surface area contributed by atoms with Gasteiger partial charge in [-0.25, -0.2) is 8.42 Å². The SMILES string of the molecule is CCC(Oc1c(-c2cc(OC)c(OC)c(OC)c2)oc2cc(OC)cc(OC)c2c1=O)N1CCNC(S(=O)(=O)c2ccc(OC(F)(F)F)cc2)C1. The smallest absolute Gasteiger partial charge is 0.496 e. The number of alkyl halides is 3. The minimum atomic E-state index is -4.92. The zero-order valence-electron chi connectivity index (χ0n) is 28.6. The monoisotopic (exact) mass is 738 g/mol. The van der Waals surface area contributed by atoms with Crippen LogP contribution in [0.4, 0.5) is 13.2 Å². The zero-order chi connectivity index (χ0) is 37.1. The van der Waals surface area contributed by atoms with Crippen LogP contribution < -0.4 is 43.9 Å². The fourth-order valence-electron chi connectivity index (χ4n) is 5.79. The first kappa shape index (κ1) is 37.4. The Hall–Kier alpha value is -4.87. The van der Waals surface area contributed by atoms with Gasteiger partial charge in [-0.05, 0) is 42.8 Å². The molecule has 0 amide bonds. The second kappa shape index (κ2) is 15.2. The fraction of sp³-hybridized carbons (Fsp3) is 0.382. The van der Waals surface area contributed by atoms with E-state index in [0.29, 0.717) is 30.0 Å². The normalized spacial score (nSPS) is 16.0. The molecule has 5 rings (SSSR count). The number of rotatable bonds is 13. The number of nitrogens with zero attached hydrogens (tertiary/aromatic N) is 1. The van der Waals surface area contributed by atoms with Crippen LogP contribution in [-0.4, -0.2) is 86.5 Å². The third-order valence-corrected chi connectivity index (χ3v) is 10.2. The third-order valence-electron chi connectivity index (χ3n) is 8.22. The van der Waals surface area contributed by atoms with E-state index in [1.54, 1.807) is 17.0 Å². The van der Waals surface area contributed by atoms with Gasteiger partial charge in [-0.1, -0.05) is 6.92 Å². The Labute approximate surface area is 291 Å². The number of benzene rings is 3. The van der Waals surface area contributed by atoms with Gasteiger partial charge >= 0.3 is 6.36 Å². The van der Waals surface area contributed by atoms with Gasteiger partial charge in [-0.15, -0.1) is 13.2 Å². The molecule has 0 spiro atoms. The average molecular weight is 739 g/mol. The number of ether oxygens (including phenoxy) is 7. The lowest BCUT2D eigenvalue weighted by Gasteiger charge is -2.38. The van der Waals surface area contributed by atoms with Crippen molar-refractivity contribution in [1.29, 1.82) is 0 Å². The quantitative estimate of drug-likeness (QED) is 0.192. The molecule has 276 valence electrons. The van der Waals surface area contributed by atoms with Crippen molar-refractivity contribution < 1.29 is 59.2 Å². The maximum Gasteiger partial charge on any atom is 0.573 e. The van der Waals surface area contributed by atoms with Gasteiger partial charge in [0.15, 0.2) is 33.3 Å². The maximum atomic E-state index is 14.4. The predicted molar refractivity (Wildman–Crippen MR) is 179 cm³/mol. The van der Waals surface area contributed by atoms with Crippen molar-refractivity contribution in [2.45, 2.75) is 36.2 Å². The molecule has 51 heavy (non-hydrogen) atoms. The Balaban J connectivity index is 1.56. The number of hydrogen-bond donors (Lipinski definition) is 1. The van der Waals surface area contributed by atoms with E-state index in [4.69, 9.17) is 32.8 Å². The highest BCUT2D eigenvalue weighted by molar-refractivity contribution is 7.92. The summed E-state index contributed by atoms with van der Waals surface area (Å²) < 4.78 is 109. The van der Waals surface area contributed by atoms with E-state index in [9.17, 15) is 26.4 Å². The van der Waals surface area contributed by atoms with E-state index < -0.39 is 39.0 Å². The Bertz CT molecular complexity index is 2010. The topological polar surface area (TPSA) is 144 Å². The third kappa shape index (κ3) is 7.74. The van der Waals surface area contributed by atoms with Crippen molar-refractivity contribution in [3.63, 3.8) is 0 Å². The van der Waals surface area contributed by atoms with Crippen LogP contribution in [0.5, 0.6) is 40.2 Å². The molecular formula is C34H37F3N2O11S. The molecule has 13 nitrogen and oxygen atoms in total. The minimum absolute atomic E-state index is 0.0148. The van der Waals surface area contributed by atoms with E-state index in [1.165, 1.54) is 47.7 Å². The van der Waals surface area contributed by atoms with Crippen molar-refractivity contribution in [2.75, 3.05) is 55.2 Å². The van der Waals surface area contributed by atoms with Gasteiger partial charge in [0.2, 0.25) is 16.9 Å². The molecule has 1 saturated heterocycles. The number of hydrogen-bond acceptors (Lipinski definition) is 13. The Morgan fingerprint density at radius 2 is 1.53 bits per heavy atom. The van der Waals surface area contributed by atoms with Crippen molar-refractivity contribution >= 4 is 20.8 Å². The van der Waals surface area contributed by atoms with Gasteiger partial charge in [0, 0.05) is 37.3 Å². The van der Waals surface area contributed by atoms with Crippen LogP contribution in [0.1, 0.15) is 13.3 Å². The van der Waals surface area contributed by atoms with Gasteiger partial charge in [-0.2, -0.15) is 0 Å². The number of nitrogens with one attached hydrogen (secondary N) is 1. The van der Waals surface area contributed by atoms with Crippen LogP contribution in [0.25, 0.3) is 22.3 Å². The maximum absolute atomic E-state index is 14.4. The number of fused-ring (bicyclic) bond motifs is 1. The molecule has 2 heterocycles. The average Bonchev–Trinajstić information content (AvgIpc) is 3.12. The van der Waals surface area contributed by atoms with Crippen LogP contribution in [0.15, 0.2) is 62.6 Å². The predicted octanol–water partition coefficient (Wildman–Crippen LogP) is 5.22. The van der Waals surface area contributed by atoms with E-state index >= 15 is 0 Å². The molecule has 2 atom stereocenters. The molecule has 1 N–H and O–H groups in total. The van der Waals surface area contributed by atoms with Crippen LogP contribution in [-0.2, 0) is 9.84 Å². The first-order chi connectivity index (χ1) is 24.3. The Morgan fingerprint density at radius 3 is 2.08 bits per heavy atom. The highest BCUT2D eigenvalue weighted by atomic mass is 32.2. The van der Waals surface area contributed by atoms with E-state index in [2.05, 4.69) is 10.1 Å². The first-order valence-corrected chi connectivity index (χ1v) is 17.1. The molecule has 4 aromatic rings. The van der Waals surface area contributed by atoms with Crippen molar-refractivity contribution in [2.24, 2.45) is 0 Å². The summed E-state index contributed by atoms with van der Waals surface area (Å²) in [6.07, 6.45) is -5.45. The molecule has 0 bridgehead atoms. The van der Waals surface area contributed by atoms with Gasteiger partial charge in [0.25, 0.3) is 0 Å². The number of halogens is 3. The van der Waals surface area contributed by atoms with Crippen molar-refractivity contribution in [3.8, 4) is 51.6 Å². The lowest BCUT2D eigenvalue weighted by Crippen LogP contribution is -2.57. The number of sulfone groups is 1. The van der Waals surface area contributed by atoms with Crippen LogP contribution >= 0.6 is 0 Å². The summed E-state index contributed by atoms with van der Waals surface area (Å²) in [6.45, 7) is 2.28. The van der Waals surface area contributed by atoms with E-state index in [0.717, 1.165) is 24.3 Å². The first-order valence-electron chi connectivity index (χ1n) is 15.5. The summed E-state index contributed by atoms with van der Waals surface area (Å²) in [5.41, 5.74) is -0.0902. The Kier molecular flexibility index (Phi) is 11.1. The molecule has 0 aliphatic carbocycles. The lowest BCUT2D eigenvalue weighted by atomic mass is 10.1. The molecule has 0 radical (unpaired) electrons. The minimum Gasteiger partial charge on any atom is -0.496 e. The van der Waals surface area contributed by atoms with Crippen LogP contribution in [0.3, 0.4) is 0 Å². The fourth-order valence-corrected chi connectivity index (χ4v) is 7.35. The summed E-state index contributed by atoms with van der Waals surface area (Å²) in [7, 11) is 3.10. The molecule has 2 unspecified atom stereocenters.